The van der Waals surface area contributed by atoms with Gasteiger partial charge >= 0.3 is 0 Å². The highest BCUT2D eigenvalue weighted by Crippen LogP contribution is 2.22. The van der Waals surface area contributed by atoms with E-state index in [4.69, 9.17) is 5.73 Å². The number of nitrogens with two attached hydrogens (primary N) is 1. The van der Waals surface area contributed by atoms with Crippen molar-refractivity contribution < 1.29 is 0 Å². The van der Waals surface area contributed by atoms with Crippen LogP contribution >= 0.6 is 0 Å². The first-order valence-electron chi connectivity index (χ1n) is 8.01. The number of aromatic amines is 2. The number of nitrogen functional groups attached to an aromatic ring is 1. The van der Waals surface area contributed by atoms with Gasteiger partial charge in [-0.3, -0.25) is 10.2 Å². The van der Waals surface area contributed by atoms with Gasteiger partial charge in [-0.2, -0.15) is 0 Å². The largest absolute Gasteiger partial charge is 0.399 e. The van der Waals surface area contributed by atoms with Gasteiger partial charge in [-0.1, -0.05) is 52.5 Å². The Morgan fingerprint density at radius 2 is 1.61 bits per heavy atom. The molecule has 0 aliphatic heterocycles. The van der Waals surface area contributed by atoms with Gasteiger partial charge in [0.15, 0.2) is 0 Å². The molecule has 0 atom stereocenters. The van der Waals surface area contributed by atoms with Crippen LogP contribution in [0.15, 0.2) is 49.0 Å². The molecule has 0 amide bonds. The zero-order valence-electron chi connectivity index (χ0n) is 14.5. The van der Waals surface area contributed by atoms with Crippen molar-refractivity contribution in [3.63, 3.8) is 0 Å². The summed E-state index contributed by atoms with van der Waals surface area (Å²) >= 11 is 0. The van der Waals surface area contributed by atoms with Crippen molar-refractivity contribution in [3.05, 3.63) is 60.2 Å². The maximum absolute atomic E-state index is 5.57. The average Bonchev–Trinajstić information content (AvgIpc) is 2.48. The van der Waals surface area contributed by atoms with Crippen LogP contribution in [0, 0.1) is 0 Å². The van der Waals surface area contributed by atoms with Crippen LogP contribution in [0.25, 0.3) is 16.6 Å². The molecule has 122 valence electrons. The maximum atomic E-state index is 5.57. The van der Waals surface area contributed by atoms with Gasteiger partial charge in [0.1, 0.15) is 0 Å². The third-order valence-electron chi connectivity index (χ3n) is 3.96. The second-order valence-corrected chi connectivity index (χ2v) is 6.84. The first-order valence-corrected chi connectivity index (χ1v) is 8.01. The van der Waals surface area contributed by atoms with E-state index in [-0.39, 0.29) is 5.41 Å². The zero-order chi connectivity index (χ0) is 17.0. The smallest absolute Gasteiger partial charge is 0.0795 e. The van der Waals surface area contributed by atoms with Gasteiger partial charge in [0.05, 0.1) is 11.0 Å². The lowest BCUT2D eigenvalue weighted by molar-refractivity contribution is 0.590. The van der Waals surface area contributed by atoms with Crippen LogP contribution in [-0.2, 0) is 5.41 Å². The van der Waals surface area contributed by atoms with Crippen molar-refractivity contribution in [2.45, 2.75) is 39.5 Å². The minimum absolute atomic E-state index is 0.230. The molecule has 3 rings (SSSR count). The number of aromatic nitrogens is 2. The summed E-state index contributed by atoms with van der Waals surface area (Å²) in [6.07, 6.45) is 1.01. The van der Waals surface area contributed by atoms with Crippen LogP contribution in [0.5, 0.6) is 0 Å². The summed E-state index contributed by atoms with van der Waals surface area (Å²) in [5.41, 5.74) is 12.7. The summed E-state index contributed by atoms with van der Waals surface area (Å²) in [4.78, 5) is 0. The number of hydrogen-bond acceptors (Lipinski definition) is 1. The van der Waals surface area contributed by atoms with Crippen molar-refractivity contribution >= 4 is 22.3 Å². The molecule has 0 aliphatic rings. The summed E-state index contributed by atoms with van der Waals surface area (Å²) in [6.45, 7) is 12.7. The molecule has 1 heterocycles. The number of anilines is 1. The minimum atomic E-state index is 0.230. The Morgan fingerprint density at radius 3 is 2.04 bits per heavy atom. The molecule has 0 fully saturated rings. The number of benzene rings is 2. The van der Waals surface area contributed by atoms with E-state index < -0.39 is 0 Å². The molecule has 3 heteroatoms. The SMILES string of the molecule is C=C(CC)c1ccc2[nH][nH]c2c1.CC(C)(C)c1ccc(N)cc1. The Labute approximate surface area is 138 Å². The van der Waals surface area contributed by atoms with E-state index in [9.17, 15) is 0 Å². The molecule has 0 aliphatic carbocycles. The molecular weight excluding hydrogens is 282 g/mol. The van der Waals surface area contributed by atoms with Crippen molar-refractivity contribution in [2.75, 3.05) is 5.73 Å². The summed E-state index contributed by atoms with van der Waals surface area (Å²) in [5.74, 6) is 0. The molecule has 0 radical (unpaired) electrons. The lowest BCUT2D eigenvalue weighted by Gasteiger charge is -2.18. The predicted octanol–water partition coefficient (Wildman–Crippen LogP) is 5.49. The third kappa shape index (κ3) is 4.28. The molecule has 0 saturated carbocycles. The van der Waals surface area contributed by atoms with E-state index in [1.165, 1.54) is 27.7 Å². The first-order chi connectivity index (χ1) is 10.8. The highest BCUT2D eigenvalue weighted by atomic mass is 15.1. The van der Waals surface area contributed by atoms with Crippen molar-refractivity contribution in [1.29, 1.82) is 0 Å². The topological polar surface area (TPSA) is 57.6 Å². The van der Waals surface area contributed by atoms with Crippen LogP contribution < -0.4 is 5.73 Å². The van der Waals surface area contributed by atoms with Crippen LogP contribution in [0.4, 0.5) is 5.69 Å². The second kappa shape index (κ2) is 6.78. The minimum Gasteiger partial charge on any atom is -0.399 e. The lowest BCUT2D eigenvalue weighted by atomic mass is 9.87. The maximum Gasteiger partial charge on any atom is 0.0795 e. The van der Waals surface area contributed by atoms with E-state index in [1.807, 2.05) is 12.1 Å². The average molecular weight is 309 g/mol. The van der Waals surface area contributed by atoms with Crippen LogP contribution in [-0.4, -0.2) is 10.2 Å². The van der Waals surface area contributed by atoms with Gasteiger partial charge in [0, 0.05) is 5.69 Å². The van der Waals surface area contributed by atoms with Crippen molar-refractivity contribution in [3.8, 4) is 0 Å². The second-order valence-electron chi connectivity index (χ2n) is 6.84. The van der Waals surface area contributed by atoms with Crippen LogP contribution in [0.1, 0.15) is 45.2 Å². The molecule has 4 N–H and O–H groups in total. The Hall–Kier alpha value is -2.42. The van der Waals surface area contributed by atoms with Crippen molar-refractivity contribution in [1.82, 2.24) is 10.2 Å². The van der Waals surface area contributed by atoms with Crippen molar-refractivity contribution in [2.24, 2.45) is 0 Å². The molecule has 1 aromatic heterocycles. The van der Waals surface area contributed by atoms with E-state index >= 15 is 0 Å². The predicted molar refractivity (Wildman–Crippen MR) is 102 cm³/mol. The number of hydrogen-bond donors (Lipinski definition) is 3. The summed E-state index contributed by atoms with van der Waals surface area (Å²) in [6, 6.07) is 14.3. The molecule has 2 aromatic carbocycles. The fraction of sp³-hybridized carbons (Fsp3) is 0.300. The van der Waals surface area contributed by atoms with E-state index in [2.05, 4.69) is 74.8 Å². The number of nitrogens with one attached hydrogen (secondary N) is 2. The Balaban J connectivity index is 0.000000168. The first kappa shape index (κ1) is 16.9. The molecular formula is C20H27N3. The number of fused-ring (bicyclic) bond motifs is 1. The van der Waals surface area contributed by atoms with E-state index in [1.54, 1.807) is 0 Å². The molecule has 0 unspecified atom stereocenters. The number of H-pyrrole nitrogens is 2. The quantitative estimate of drug-likeness (QED) is 0.539. The Bertz CT molecular complexity index is 767. The fourth-order valence-electron chi connectivity index (χ4n) is 2.24. The summed E-state index contributed by atoms with van der Waals surface area (Å²) in [7, 11) is 0. The summed E-state index contributed by atoms with van der Waals surface area (Å²) in [5, 5.41) is 6.01. The standard InChI is InChI=1S/C10H12N2.C10H15N/c1-3-7(2)8-4-5-9-10(6-8)12-11-9;1-10(2,3)8-4-6-9(11)7-5-8/h4-6,11-12H,2-3H2,1H3;4-7H,11H2,1-3H3. The molecule has 0 bridgehead atoms. The van der Waals surface area contributed by atoms with Gasteiger partial charge < -0.3 is 5.73 Å². The molecule has 23 heavy (non-hydrogen) atoms. The normalized spacial score (nSPS) is 11.1. The molecule has 0 spiro atoms. The number of rotatable bonds is 2. The molecule has 3 aromatic rings. The highest BCUT2D eigenvalue weighted by Gasteiger charge is 2.12. The highest BCUT2D eigenvalue weighted by molar-refractivity contribution is 5.81. The van der Waals surface area contributed by atoms with E-state index in [0.29, 0.717) is 0 Å². The number of allylic oxidation sites excluding steroid dienone is 1. The summed E-state index contributed by atoms with van der Waals surface area (Å²) < 4.78 is 0. The monoisotopic (exact) mass is 309 g/mol. The Morgan fingerprint density at radius 1 is 1.00 bits per heavy atom. The van der Waals surface area contributed by atoms with Gasteiger partial charge in [0.25, 0.3) is 0 Å². The van der Waals surface area contributed by atoms with Crippen LogP contribution in [0.3, 0.4) is 0 Å². The third-order valence-corrected chi connectivity index (χ3v) is 3.96. The molecule has 3 nitrogen and oxygen atoms in total. The van der Waals surface area contributed by atoms with Gasteiger partial charge in [-0.05, 0) is 52.8 Å². The molecule has 0 saturated heterocycles. The zero-order valence-corrected chi connectivity index (χ0v) is 14.5. The fourth-order valence-corrected chi connectivity index (χ4v) is 2.24. The van der Waals surface area contributed by atoms with Crippen LogP contribution in [0.2, 0.25) is 0 Å². The van der Waals surface area contributed by atoms with Gasteiger partial charge in [-0.25, -0.2) is 0 Å². The lowest BCUT2D eigenvalue weighted by Crippen LogP contribution is -2.10. The van der Waals surface area contributed by atoms with Gasteiger partial charge in [-0.15, -0.1) is 0 Å². The Kier molecular flexibility index (Phi) is 4.99. The van der Waals surface area contributed by atoms with Gasteiger partial charge in [0.2, 0.25) is 0 Å². The van der Waals surface area contributed by atoms with E-state index in [0.717, 1.165) is 12.1 Å².